The van der Waals surface area contributed by atoms with Crippen LogP contribution in [0.4, 0.5) is 0 Å². The summed E-state index contributed by atoms with van der Waals surface area (Å²) in [4.78, 5) is 49.0. The van der Waals surface area contributed by atoms with Gasteiger partial charge in [-0.05, 0) is 64.4 Å². The number of amides is 3. The molecule has 3 aliphatic rings. The molecule has 1 aromatic carbocycles. The minimum absolute atomic E-state index is 0.0210. The van der Waals surface area contributed by atoms with E-state index in [1.54, 1.807) is 11.1 Å². The molecule has 0 unspecified atom stereocenters. The van der Waals surface area contributed by atoms with Gasteiger partial charge in [0.25, 0.3) is 11.8 Å². The zero-order valence-electron chi connectivity index (χ0n) is 20.0. The van der Waals surface area contributed by atoms with E-state index < -0.39 is 0 Å². The van der Waals surface area contributed by atoms with Crippen molar-refractivity contribution in [2.45, 2.75) is 25.8 Å². The SMILES string of the molecule is O=C(CCN1Cc2ccccc2C1=O)N1C[C@H]2CCN(C(=O)c3cn4cccc(Br)c4n3)CC[C@H]2C1. The number of nitrogens with zero attached hydrogens (tertiary/aromatic N) is 5. The first-order valence-electron chi connectivity index (χ1n) is 12.6. The van der Waals surface area contributed by atoms with Crippen LogP contribution in [0.15, 0.2) is 53.3 Å². The van der Waals surface area contributed by atoms with E-state index in [0.717, 1.165) is 47.2 Å². The Labute approximate surface area is 218 Å². The molecule has 3 aromatic rings. The summed E-state index contributed by atoms with van der Waals surface area (Å²) in [7, 11) is 0. The molecular formula is C27H28BrN5O3. The number of halogens is 1. The van der Waals surface area contributed by atoms with Gasteiger partial charge in [-0.3, -0.25) is 14.4 Å². The van der Waals surface area contributed by atoms with Crippen LogP contribution in [-0.2, 0) is 11.3 Å². The predicted molar refractivity (Wildman–Crippen MR) is 137 cm³/mol. The molecule has 0 bridgehead atoms. The summed E-state index contributed by atoms with van der Waals surface area (Å²) in [6.07, 6.45) is 5.81. The highest BCUT2D eigenvalue weighted by molar-refractivity contribution is 9.10. The van der Waals surface area contributed by atoms with E-state index in [1.165, 1.54) is 0 Å². The Bertz CT molecular complexity index is 1340. The zero-order chi connectivity index (χ0) is 24.8. The number of hydrogen-bond donors (Lipinski definition) is 0. The van der Waals surface area contributed by atoms with E-state index in [9.17, 15) is 14.4 Å². The molecule has 2 aromatic heterocycles. The average Bonchev–Trinajstić information content (AvgIpc) is 3.55. The molecule has 36 heavy (non-hydrogen) atoms. The molecule has 2 fully saturated rings. The largest absolute Gasteiger partial charge is 0.342 e. The lowest BCUT2D eigenvalue weighted by Gasteiger charge is -2.22. The molecule has 186 valence electrons. The van der Waals surface area contributed by atoms with Gasteiger partial charge in [-0.1, -0.05) is 18.2 Å². The highest BCUT2D eigenvalue weighted by atomic mass is 79.9. The minimum Gasteiger partial charge on any atom is -0.342 e. The van der Waals surface area contributed by atoms with Gasteiger partial charge in [-0.25, -0.2) is 4.98 Å². The van der Waals surface area contributed by atoms with Crippen molar-refractivity contribution in [2.24, 2.45) is 11.8 Å². The molecule has 3 aliphatic heterocycles. The molecule has 0 N–H and O–H groups in total. The van der Waals surface area contributed by atoms with Crippen LogP contribution >= 0.6 is 15.9 Å². The molecular weight excluding hydrogens is 522 g/mol. The maximum absolute atomic E-state index is 13.2. The molecule has 8 nitrogen and oxygen atoms in total. The molecule has 2 atom stereocenters. The number of fused-ring (bicyclic) bond motifs is 3. The van der Waals surface area contributed by atoms with Crippen molar-refractivity contribution in [2.75, 3.05) is 32.7 Å². The van der Waals surface area contributed by atoms with Gasteiger partial charge in [0.2, 0.25) is 5.91 Å². The van der Waals surface area contributed by atoms with Crippen LogP contribution in [0.3, 0.4) is 0 Å². The van der Waals surface area contributed by atoms with E-state index in [4.69, 9.17) is 0 Å². The predicted octanol–water partition coefficient (Wildman–Crippen LogP) is 3.45. The number of aromatic nitrogens is 2. The van der Waals surface area contributed by atoms with Gasteiger partial charge in [-0.2, -0.15) is 0 Å². The summed E-state index contributed by atoms with van der Waals surface area (Å²) < 4.78 is 2.72. The smallest absolute Gasteiger partial charge is 0.274 e. The number of pyridine rings is 1. The average molecular weight is 550 g/mol. The minimum atomic E-state index is -0.0326. The summed E-state index contributed by atoms with van der Waals surface area (Å²) in [5.74, 6) is 0.914. The second-order valence-corrected chi connectivity index (χ2v) is 10.9. The molecule has 0 radical (unpaired) electrons. The van der Waals surface area contributed by atoms with Gasteiger partial charge < -0.3 is 19.1 Å². The van der Waals surface area contributed by atoms with E-state index in [1.807, 2.05) is 56.8 Å². The van der Waals surface area contributed by atoms with E-state index in [2.05, 4.69) is 20.9 Å². The lowest BCUT2D eigenvalue weighted by atomic mass is 9.92. The fraction of sp³-hybridized carbons (Fsp3) is 0.407. The van der Waals surface area contributed by atoms with Gasteiger partial charge in [0.1, 0.15) is 5.69 Å². The van der Waals surface area contributed by atoms with Crippen LogP contribution in [-0.4, -0.2) is 74.5 Å². The van der Waals surface area contributed by atoms with Gasteiger partial charge in [0.15, 0.2) is 5.65 Å². The van der Waals surface area contributed by atoms with Crippen molar-refractivity contribution in [3.8, 4) is 0 Å². The highest BCUT2D eigenvalue weighted by Crippen LogP contribution is 2.33. The van der Waals surface area contributed by atoms with Crippen molar-refractivity contribution in [3.63, 3.8) is 0 Å². The summed E-state index contributed by atoms with van der Waals surface area (Å²) >= 11 is 3.50. The molecule has 6 rings (SSSR count). The van der Waals surface area contributed by atoms with Crippen molar-refractivity contribution in [3.05, 3.63) is 70.1 Å². The molecule has 5 heterocycles. The second-order valence-electron chi connectivity index (χ2n) is 10.0. The third kappa shape index (κ3) is 4.19. The third-order valence-electron chi connectivity index (χ3n) is 7.90. The molecule has 0 saturated carbocycles. The van der Waals surface area contributed by atoms with E-state index in [-0.39, 0.29) is 17.7 Å². The van der Waals surface area contributed by atoms with Crippen LogP contribution in [0.25, 0.3) is 5.65 Å². The molecule has 0 aliphatic carbocycles. The van der Waals surface area contributed by atoms with Gasteiger partial charge >= 0.3 is 0 Å². The number of carbonyl (C=O) groups is 3. The van der Waals surface area contributed by atoms with Crippen molar-refractivity contribution >= 4 is 39.3 Å². The van der Waals surface area contributed by atoms with Crippen LogP contribution in [0.1, 0.15) is 45.7 Å². The molecule has 0 spiro atoms. The normalized spacial score (nSPS) is 21.6. The Hall–Kier alpha value is -3.20. The maximum atomic E-state index is 13.2. The van der Waals surface area contributed by atoms with Crippen molar-refractivity contribution in [1.29, 1.82) is 0 Å². The number of carbonyl (C=O) groups excluding carboxylic acids is 3. The van der Waals surface area contributed by atoms with Crippen molar-refractivity contribution < 1.29 is 14.4 Å². The monoisotopic (exact) mass is 549 g/mol. The van der Waals surface area contributed by atoms with Gasteiger partial charge in [0, 0.05) is 63.6 Å². The van der Waals surface area contributed by atoms with Crippen LogP contribution < -0.4 is 0 Å². The number of rotatable bonds is 4. The fourth-order valence-electron chi connectivity index (χ4n) is 5.88. The lowest BCUT2D eigenvalue weighted by Crippen LogP contribution is -2.35. The fourth-order valence-corrected chi connectivity index (χ4v) is 6.33. The van der Waals surface area contributed by atoms with Crippen LogP contribution in [0.5, 0.6) is 0 Å². The lowest BCUT2D eigenvalue weighted by molar-refractivity contribution is -0.130. The molecule has 9 heteroatoms. The van der Waals surface area contributed by atoms with Crippen molar-refractivity contribution in [1.82, 2.24) is 24.1 Å². The number of hydrogen-bond acceptors (Lipinski definition) is 4. The zero-order valence-corrected chi connectivity index (χ0v) is 21.6. The Morgan fingerprint density at radius 2 is 1.75 bits per heavy atom. The molecule has 2 saturated heterocycles. The summed E-state index contributed by atoms with van der Waals surface area (Å²) in [6, 6.07) is 11.5. The Kier molecular flexibility index (Phi) is 6.03. The van der Waals surface area contributed by atoms with E-state index in [0.29, 0.717) is 50.1 Å². The second kappa shape index (κ2) is 9.35. The standard InChI is InChI=1S/C27H28BrN5O3/c28-22-6-3-10-31-17-23(29-25(22)31)27(36)30-11-7-18-14-33(15-19(18)8-12-30)24(34)9-13-32-16-20-4-1-2-5-21(20)26(32)35/h1-6,10,17-19H,7-9,11-16H2/t18-,19+. The first-order valence-corrected chi connectivity index (χ1v) is 13.3. The summed E-state index contributed by atoms with van der Waals surface area (Å²) in [5.41, 5.74) is 2.99. The van der Waals surface area contributed by atoms with Crippen LogP contribution in [0, 0.1) is 11.8 Å². The Morgan fingerprint density at radius 3 is 2.47 bits per heavy atom. The van der Waals surface area contributed by atoms with Gasteiger partial charge in [-0.15, -0.1) is 0 Å². The topological polar surface area (TPSA) is 78.2 Å². The first-order chi connectivity index (χ1) is 17.5. The number of benzene rings is 1. The Balaban J connectivity index is 1.03. The Morgan fingerprint density at radius 1 is 1.00 bits per heavy atom. The third-order valence-corrected chi connectivity index (χ3v) is 8.52. The van der Waals surface area contributed by atoms with Crippen LogP contribution in [0.2, 0.25) is 0 Å². The first kappa shape index (κ1) is 23.2. The number of likely N-dealkylation sites (tertiary alicyclic amines) is 2. The maximum Gasteiger partial charge on any atom is 0.274 e. The number of imidazole rings is 1. The quantitative estimate of drug-likeness (QED) is 0.499. The summed E-state index contributed by atoms with van der Waals surface area (Å²) in [6.45, 7) is 3.87. The summed E-state index contributed by atoms with van der Waals surface area (Å²) in [5, 5.41) is 0. The van der Waals surface area contributed by atoms with E-state index >= 15 is 0 Å². The van der Waals surface area contributed by atoms with Gasteiger partial charge in [0.05, 0.1) is 4.47 Å². The molecule has 3 amide bonds. The highest BCUT2D eigenvalue weighted by Gasteiger charge is 2.38.